The van der Waals surface area contributed by atoms with Crippen LogP contribution in [0.25, 0.3) is 0 Å². The molecule has 11 heteroatoms. The van der Waals surface area contributed by atoms with E-state index in [0.29, 0.717) is 5.57 Å². The molecule has 1 saturated heterocycles. The standard InChI is InChI=1S/C37H54O10Si/c1-11-48(12-2,13-3)47-25-20-37(41)32(45-33(40)24-17-15-14-16-18-24)30-35(8,31(39)29(43-10)28(22(25)4)34(37,6)7)26(42-9)19-27-36(30,21-44-27)46-23(5)38/h14-18,25-27,29-30,32,41H,11-13,19-21H2,1-10H3/t25-,26-,27+,29+,30?,32-,35+,36-,37+/m0/s1. The predicted octanol–water partition coefficient (Wildman–Crippen LogP) is 5.42. The van der Waals surface area contributed by atoms with Gasteiger partial charge in [0, 0.05) is 39.4 Å². The highest BCUT2D eigenvalue weighted by atomic mass is 28.4. The second-order valence-electron chi connectivity index (χ2n) is 14.9. The van der Waals surface area contributed by atoms with Crippen LogP contribution in [0.1, 0.15) is 78.6 Å². The van der Waals surface area contributed by atoms with Crippen molar-refractivity contribution >= 4 is 26.0 Å². The predicted molar refractivity (Wildman–Crippen MR) is 181 cm³/mol. The summed E-state index contributed by atoms with van der Waals surface area (Å²) in [4.78, 5) is 42.4. The van der Waals surface area contributed by atoms with Gasteiger partial charge in [-0.1, -0.05) is 52.8 Å². The van der Waals surface area contributed by atoms with Crippen molar-refractivity contribution in [2.75, 3.05) is 20.8 Å². The number of Topliss-reactive ketones (excluding diaryl/α,β-unsaturated/α-hetero) is 1. The van der Waals surface area contributed by atoms with Crippen LogP contribution in [0.5, 0.6) is 0 Å². The number of fused-ring (bicyclic) bond motifs is 5. The van der Waals surface area contributed by atoms with E-state index < -0.39 is 78.7 Å². The lowest BCUT2D eigenvalue weighted by molar-refractivity contribution is -0.347. The molecule has 1 N–H and O–H groups in total. The highest BCUT2D eigenvalue weighted by Gasteiger charge is 2.78. The van der Waals surface area contributed by atoms with Gasteiger partial charge in [0.25, 0.3) is 0 Å². The minimum Gasteiger partial charge on any atom is -0.455 e. The lowest BCUT2D eigenvalue weighted by atomic mass is 9.44. The maximum atomic E-state index is 15.4. The van der Waals surface area contributed by atoms with Crippen LogP contribution in [0.3, 0.4) is 0 Å². The van der Waals surface area contributed by atoms with Gasteiger partial charge in [-0.05, 0) is 55.3 Å². The lowest BCUT2D eigenvalue weighted by Crippen LogP contribution is -2.82. The fourth-order valence-corrected chi connectivity index (χ4v) is 12.4. The van der Waals surface area contributed by atoms with E-state index in [2.05, 4.69) is 20.8 Å². The smallest absolute Gasteiger partial charge is 0.338 e. The molecule has 2 bridgehead atoms. The van der Waals surface area contributed by atoms with Crippen LogP contribution in [0.2, 0.25) is 18.1 Å². The summed E-state index contributed by atoms with van der Waals surface area (Å²) in [5.41, 5.74) is -4.08. The summed E-state index contributed by atoms with van der Waals surface area (Å²) >= 11 is 0. The number of hydrogen-bond acceptors (Lipinski definition) is 10. The van der Waals surface area contributed by atoms with E-state index in [4.69, 9.17) is 28.1 Å². The molecule has 1 aliphatic heterocycles. The Morgan fingerprint density at radius 3 is 2.15 bits per heavy atom. The number of benzene rings is 1. The number of hydrogen-bond donors (Lipinski definition) is 1. The zero-order valence-electron chi connectivity index (χ0n) is 30.2. The molecule has 5 rings (SSSR count). The maximum absolute atomic E-state index is 15.4. The average molecular weight is 687 g/mol. The van der Waals surface area contributed by atoms with Gasteiger partial charge in [-0.25, -0.2) is 4.79 Å². The van der Waals surface area contributed by atoms with Crippen molar-refractivity contribution in [1.29, 1.82) is 0 Å². The van der Waals surface area contributed by atoms with E-state index in [1.807, 2.05) is 20.8 Å². The van der Waals surface area contributed by atoms with Gasteiger partial charge in [-0.3, -0.25) is 9.59 Å². The third kappa shape index (κ3) is 5.26. The molecule has 0 spiro atoms. The zero-order chi connectivity index (χ0) is 35.4. The molecule has 1 heterocycles. The van der Waals surface area contributed by atoms with Gasteiger partial charge in [0.2, 0.25) is 0 Å². The molecule has 10 nitrogen and oxygen atoms in total. The van der Waals surface area contributed by atoms with Crippen LogP contribution in [-0.4, -0.2) is 93.7 Å². The van der Waals surface area contributed by atoms with Crippen LogP contribution < -0.4 is 0 Å². The number of ketones is 1. The Hall–Kier alpha value is -2.41. The minimum absolute atomic E-state index is 0.0338. The van der Waals surface area contributed by atoms with Gasteiger partial charge >= 0.3 is 11.9 Å². The molecule has 4 aliphatic rings. The van der Waals surface area contributed by atoms with Gasteiger partial charge in [-0.15, -0.1) is 0 Å². The van der Waals surface area contributed by atoms with E-state index in [1.54, 1.807) is 37.3 Å². The van der Waals surface area contributed by atoms with Crippen LogP contribution >= 0.6 is 0 Å². The molecular formula is C37H54O10Si. The molecule has 1 aromatic carbocycles. The third-order valence-corrected chi connectivity index (χ3v) is 17.4. The minimum atomic E-state index is -2.26. The quantitative estimate of drug-likeness (QED) is 0.194. The molecule has 0 amide bonds. The van der Waals surface area contributed by atoms with Crippen molar-refractivity contribution in [3.63, 3.8) is 0 Å². The third-order valence-electron chi connectivity index (χ3n) is 12.7. The average Bonchev–Trinajstić information content (AvgIpc) is 3.05. The summed E-state index contributed by atoms with van der Waals surface area (Å²) < 4.78 is 38.2. The molecule has 3 aliphatic carbocycles. The van der Waals surface area contributed by atoms with E-state index in [0.717, 1.165) is 23.7 Å². The number of rotatable bonds is 10. The van der Waals surface area contributed by atoms with Crippen LogP contribution in [0, 0.1) is 16.7 Å². The van der Waals surface area contributed by atoms with Gasteiger partial charge in [-0.2, -0.15) is 0 Å². The Morgan fingerprint density at radius 2 is 1.65 bits per heavy atom. The topological polar surface area (TPSA) is 127 Å². The van der Waals surface area contributed by atoms with Gasteiger partial charge in [0.1, 0.15) is 23.9 Å². The first-order valence-electron chi connectivity index (χ1n) is 17.4. The molecule has 266 valence electrons. The van der Waals surface area contributed by atoms with Crippen molar-refractivity contribution in [3.8, 4) is 0 Å². The summed E-state index contributed by atoms with van der Waals surface area (Å²) in [7, 11) is 0.767. The molecule has 48 heavy (non-hydrogen) atoms. The number of methoxy groups -OCH3 is 2. The van der Waals surface area contributed by atoms with Crippen LogP contribution in [0.4, 0.5) is 0 Å². The second kappa shape index (κ2) is 13.0. The van der Waals surface area contributed by atoms with Gasteiger partial charge in [0.05, 0.1) is 35.7 Å². The van der Waals surface area contributed by atoms with Crippen molar-refractivity contribution in [3.05, 3.63) is 47.0 Å². The maximum Gasteiger partial charge on any atom is 0.338 e. The summed E-state index contributed by atoms with van der Waals surface area (Å²) in [6.45, 7) is 15.2. The van der Waals surface area contributed by atoms with Gasteiger partial charge < -0.3 is 33.2 Å². The fourth-order valence-electron chi connectivity index (χ4n) is 9.59. The molecule has 3 fully saturated rings. The van der Waals surface area contributed by atoms with Crippen LogP contribution in [-0.2, 0) is 37.7 Å². The normalized spacial score (nSPS) is 37.4. The Morgan fingerprint density at radius 1 is 1.02 bits per heavy atom. The Labute approximate surface area is 285 Å². The van der Waals surface area contributed by atoms with Crippen molar-refractivity contribution in [2.45, 2.75) is 128 Å². The first kappa shape index (κ1) is 36.9. The number of aliphatic hydroxyl groups is 1. The number of carbonyl (C=O) groups is 3. The Kier molecular flexibility index (Phi) is 10.0. The molecular weight excluding hydrogens is 632 g/mol. The highest BCUT2D eigenvalue weighted by molar-refractivity contribution is 6.73. The van der Waals surface area contributed by atoms with Crippen molar-refractivity contribution in [2.24, 2.45) is 16.7 Å². The highest BCUT2D eigenvalue weighted by Crippen LogP contribution is 2.65. The molecule has 0 aromatic heterocycles. The van der Waals surface area contributed by atoms with E-state index in [1.165, 1.54) is 21.1 Å². The first-order valence-corrected chi connectivity index (χ1v) is 19.9. The molecule has 1 unspecified atom stereocenters. The van der Waals surface area contributed by atoms with E-state index in [-0.39, 0.29) is 30.8 Å². The SMILES string of the molecule is CC[Si](CC)(CC)O[C@H]1C[C@@]2(O)[C@@H](OC(=O)c3ccccc3)C3[C@](C)(C(=O)[C@H](OC)C(=C1C)C2(C)C)[C@@H](OC)C[C@H]1OC[C@@]31OC(C)=O. The monoisotopic (exact) mass is 686 g/mol. The van der Waals surface area contributed by atoms with Crippen molar-refractivity contribution in [1.82, 2.24) is 0 Å². The molecule has 9 atom stereocenters. The Balaban J connectivity index is 1.85. The number of ether oxygens (including phenoxy) is 5. The van der Waals surface area contributed by atoms with Gasteiger partial charge in [0.15, 0.2) is 19.7 Å². The first-order chi connectivity index (χ1) is 22.6. The Bertz CT molecular complexity index is 1430. The fraction of sp³-hybridized carbons (Fsp3) is 0.703. The second-order valence-corrected chi connectivity index (χ2v) is 19.7. The summed E-state index contributed by atoms with van der Waals surface area (Å²) in [5, 5.41) is 13.6. The summed E-state index contributed by atoms with van der Waals surface area (Å²) in [6, 6.07) is 11.2. The number of carbonyl (C=O) groups excluding carboxylic acids is 3. The molecule has 1 aromatic rings. The van der Waals surface area contributed by atoms with Crippen molar-refractivity contribution < 1.29 is 47.6 Å². The number of esters is 2. The van der Waals surface area contributed by atoms with Crippen LogP contribution in [0.15, 0.2) is 41.5 Å². The lowest BCUT2D eigenvalue weighted by Gasteiger charge is -2.68. The largest absolute Gasteiger partial charge is 0.455 e. The molecule has 2 saturated carbocycles. The van der Waals surface area contributed by atoms with E-state index in [9.17, 15) is 14.7 Å². The zero-order valence-corrected chi connectivity index (χ0v) is 31.2. The van der Waals surface area contributed by atoms with E-state index >= 15 is 4.79 Å². The summed E-state index contributed by atoms with van der Waals surface area (Å²) in [6.07, 6.45) is -4.06. The summed E-state index contributed by atoms with van der Waals surface area (Å²) in [5.74, 6) is -2.60. The molecule has 0 radical (unpaired) electrons.